The molecule has 7 nitrogen and oxygen atoms in total. The second-order valence-electron chi connectivity index (χ2n) is 8.90. The molecule has 3 aromatic rings. The zero-order valence-corrected chi connectivity index (χ0v) is 19.0. The molecule has 3 aliphatic rings. The van der Waals surface area contributed by atoms with Crippen LogP contribution in [0.3, 0.4) is 0 Å². The summed E-state index contributed by atoms with van der Waals surface area (Å²) in [4.78, 5) is 44.3. The molecule has 0 aliphatic carbocycles. The van der Waals surface area contributed by atoms with E-state index in [1.54, 1.807) is 55.6 Å². The fraction of sp³-hybridized carbons (Fsp3) is 0.179. The van der Waals surface area contributed by atoms with E-state index in [-0.39, 0.29) is 17.7 Å². The van der Waals surface area contributed by atoms with Gasteiger partial charge < -0.3 is 15.0 Å². The number of hydrogen-bond acceptors (Lipinski definition) is 5. The van der Waals surface area contributed by atoms with Crippen LogP contribution in [0.5, 0.6) is 5.75 Å². The molecule has 0 aromatic heterocycles. The Morgan fingerprint density at radius 1 is 0.857 bits per heavy atom. The third kappa shape index (κ3) is 3.23. The summed E-state index contributed by atoms with van der Waals surface area (Å²) in [7, 11) is 1.58. The number of benzene rings is 3. The second-order valence-corrected chi connectivity index (χ2v) is 8.90. The lowest BCUT2D eigenvalue weighted by Gasteiger charge is -2.35. The molecule has 0 saturated carbocycles. The van der Waals surface area contributed by atoms with Gasteiger partial charge in [0.2, 0.25) is 17.7 Å². The van der Waals surface area contributed by atoms with E-state index in [1.807, 2.05) is 47.5 Å². The molecule has 2 saturated heterocycles. The zero-order chi connectivity index (χ0) is 24.1. The topological polar surface area (TPSA) is 79.0 Å². The van der Waals surface area contributed by atoms with Crippen molar-refractivity contribution in [3.05, 3.63) is 96.2 Å². The molecule has 174 valence electrons. The van der Waals surface area contributed by atoms with Gasteiger partial charge in [-0.1, -0.05) is 42.5 Å². The number of methoxy groups -OCH3 is 1. The lowest BCUT2D eigenvalue weighted by molar-refractivity contribution is -0.128. The van der Waals surface area contributed by atoms with Crippen LogP contribution in [0.1, 0.15) is 17.2 Å². The summed E-state index contributed by atoms with van der Waals surface area (Å²) in [5, 5.41) is 2.94. The van der Waals surface area contributed by atoms with E-state index < -0.39 is 23.9 Å². The van der Waals surface area contributed by atoms with Crippen molar-refractivity contribution >= 4 is 35.2 Å². The molecule has 3 heterocycles. The van der Waals surface area contributed by atoms with Crippen LogP contribution in [-0.4, -0.2) is 35.8 Å². The number of nitrogens with zero attached hydrogens (tertiary/aromatic N) is 2. The van der Waals surface area contributed by atoms with E-state index in [4.69, 9.17) is 4.74 Å². The quantitative estimate of drug-likeness (QED) is 0.592. The third-order valence-corrected chi connectivity index (χ3v) is 7.10. The molecule has 3 amide bonds. The Labute approximate surface area is 202 Å². The number of nitrogens with one attached hydrogen (secondary N) is 1. The molecule has 0 spiro atoms. The van der Waals surface area contributed by atoms with E-state index >= 15 is 0 Å². The first-order valence-corrected chi connectivity index (χ1v) is 11.5. The van der Waals surface area contributed by atoms with Crippen molar-refractivity contribution in [2.45, 2.75) is 12.1 Å². The van der Waals surface area contributed by atoms with Gasteiger partial charge in [0, 0.05) is 11.9 Å². The summed E-state index contributed by atoms with van der Waals surface area (Å²) in [6.07, 6.45) is 3.78. The van der Waals surface area contributed by atoms with Gasteiger partial charge in [-0.15, -0.1) is 0 Å². The largest absolute Gasteiger partial charge is 0.497 e. The van der Waals surface area contributed by atoms with Crippen LogP contribution in [0.2, 0.25) is 0 Å². The van der Waals surface area contributed by atoms with Gasteiger partial charge in [-0.3, -0.25) is 14.4 Å². The predicted octanol–water partition coefficient (Wildman–Crippen LogP) is 3.85. The first-order valence-electron chi connectivity index (χ1n) is 11.5. The van der Waals surface area contributed by atoms with E-state index in [2.05, 4.69) is 5.32 Å². The number of hydrogen-bond donors (Lipinski definition) is 1. The molecular formula is C28H23N3O4. The number of fused-ring (bicyclic) bond motifs is 5. The van der Waals surface area contributed by atoms with Gasteiger partial charge in [-0.05, 0) is 53.6 Å². The van der Waals surface area contributed by atoms with Crippen LogP contribution in [-0.2, 0) is 14.4 Å². The van der Waals surface area contributed by atoms with Crippen LogP contribution in [0, 0.1) is 11.8 Å². The van der Waals surface area contributed by atoms with Crippen molar-refractivity contribution in [3.63, 3.8) is 0 Å². The van der Waals surface area contributed by atoms with Crippen molar-refractivity contribution in [1.29, 1.82) is 0 Å². The first-order chi connectivity index (χ1) is 17.1. The Balaban J connectivity index is 1.42. The van der Waals surface area contributed by atoms with Crippen LogP contribution in [0.15, 0.2) is 85.1 Å². The van der Waals surface area contributed by atoms with Crippen LogP contribution >= 0.6 is 0 Å². The highest BCUT2D eigenvalue weighted by atomic mass is 16.5. The summed E-state index contributed by atoms with van der Waals surface area (Å²) < 4.78 is 5.20. The summed E-state index contributed by atoms with van der Waals surface area (Å²) in [5.41, 5.74) is 3.05. The molecule has 0 bridgehead atoms. The molecule has 0 radical (unpaired) electrons. The Morgan fingerprint density at radius 3 is 2.29 bits per heavy atom. The van der Waals surface area contributed by atoms with Crippen molar-refractivity contribution in [1.82, 2.24) is 4.90 Å². The Bertz CT molecular complexity index is 1350. The third-order valence-electron chi connectivity index (χ3n) is 7.10. The maximum atomic E-state index is 13.8. The minimum atomic E-state index is -0.832. The maximum Gasteiger partial charge on any atom is 0.247 e. The fourth-order valence-corrected chi connectivity index (χ4v) is 5.58. The zero-order valence-electron chi connectivity index (χ0n) is 19.0. The highest BCUT2D eigenvalue weighted by Gasteiger charge is 2.64. The summed E-state index contributed by atoms with van der Waals surface area (Å²) in [6, 6.07) is 22.5. The average molecular weight is 466 g/mol. The van der Waals surface area contributed by atoms with Gasteiger partial charge in [0.15, 0.2) is 0 Å². The normalized spacial score (nSPS) is 24.1. The molecule has 3 aliphatic heterocycles. The number of ether oxygens (including phenoxy) is 1. The standard InChI is InChI=1S/C28H23N3O4/c1-35-20-13-11-18(12-14-20)29-26(32)25-23-22(24-21-10-6-5-7-17(21)15-16-30(24)25)27(33)31(28(23)34)19-8-3-2-4-9-19/h2-16,22-25H,1H3,(H,29,32)/t22-,23+,24+,25+/m0/s1. The average Bonchev–Trinajstić information content (AvgIpc) is 3.37. The molecule has 2 fully saturated rings. The van der Waals surface area contributed by atoms with Gasteiger partial charge in [-0.25, -0.2) is 4.90 Å². The smallest absolute Gasteiger partial charge is 0.247 e. The predicted molar refractivity (Wildman–Crippen MR) is 131 cm³/mol. The number of para-hydroxylation sites is 1. The second kappa shape index (κ2) is 8.13. The Morgan fingerprint density at radius 2 is 1.54 bits per heavy atom. The van der Waals surface area contributed by atoms with Crippen LogP contribution in [0.4, 0.5) is 11.4 Å². The monoisotopic (exact) mass is 465 g/mol. The number of carbonyl (C=O) groups is 3. The molecule has 3 aromatic carbocycles. The molecular weight excluding hydrogens is 442 g/mol. The highest BCUT2D eigenvalue weighted by Crippen LogP contribution is 2.53. The molecule has 0 unspecified atom stereocenters. The number of carbonyl (C=O) groups excluding carboxylic acids is 3. The van der Waals surface area contributed by atoms with Crippen molar-refractivity contribution < 1.29 is 19.1 Å². The highest BCUT2D eigenvalue weighted by molar-refractivity contribution is 6.24. The van der Waals surface area contributed by atoms with Gasteiger partial charge in [0.1, 0.15) is 11.8 Å². The van der Waals surface area contributed by atoms with E-state index in [0.717, 1.165) is 11.1 Å². The Kier molecular flexibility index (Phi) is 4.91. The molecule has 6 rings (SSSR count). The van der Waals surface area contributed by atoms with Crippen molar-refractivity contribution in [2.24, 2.45) is 11.8 Å². The number of imide groups is 1. The van der Waals surface area contributed by atoms with E-state index in [0.29, 0.717) is 17.1 Å². The van der Waals surface area contributed by atoms with Crippen molar-refractivity contribution in [2.75, 3.05) is 17.3 Å². The minimum Gasteiger partial charge on any atom is -0.497 e. The van der Waals surface area contributed by atoms with E-state index in [1.165, 1.54) is 4.90 Å². The molecule has 7 heteroatoms. The molecule has 4 atom stereocenters. The molecule has 35 heavy (non-hydrogen) atoms. The minimum absolute atomic E-state index is 0.272. The lowest BCUT2D eigenvalue weighted by Crippen LogP contribution is -2.46. The summed E-state index contributed by atoms with van der Waals surface area (Å²) in [5.74, 6) is -1.74. The number of rotatable bonds is 4. The van der Waals surface area contributed by atoms with Crippen LogP contribution in [0.25, 0.3) is 6.08 Å². The van der Waals surface area contributed by atoms with Gasteiger partial charge in [0.05, 0.1) is 30.7 Å². The lowest BCUT2D eigenvalue weighted by atomic mass is 9.84. The molecule has 1 N–H and O–H groups in total. The summed E-state index contributed by atoms with van der Waals surface area (Å²) in [6.45, 7) is 0. The maximum absolute atomic E-state index is 13.8. The number of anilines is 2. The van der Waals surface area contributed by atoms with Crippen LogP contribution < -0.4 is 15.0 Å². The van der Waals surface area contributed by atoms with Gasteiger partial charge in [0.25, 0.3) is 0 Å². The SMILES string of the molecule is COc1ccc(NC(=O)[C@H]2[C@@H]3C(=O)N(c4ccccc4)C(=O)[C@@H]3[C@H]3c4ccccc4C=CN32)cc1. The van der Waals surface area contributed by atoms with Crippen molar-refractivity contribution in [3.8, 4) is 5.75 Å². The first kappa shape index (κ1) is 21.2. The summed E-state index contributed by atoms with van der Waals surface area (Å²) >= 11 is 0. The van der Waals surface area contributed by atoms with Gasteiger partial charge >= 0.3 is 0 Å². The van der Waals surface area contributed by atoms with E-state index in [9.17, 15) is 14.4 Å². The fourth-order valence-electron chi connectivity index (χ4n) is 5.58. The Hall–Kier alpha value is -4.39. The van der Waals surface area contributed by atoms with Gasteiger partial charge in [-0.2, -0.15) is 0 Å². The number of amides is 3.